The molecule has 4 heterocycles. The summed E-state index contributed by atoms with van der Waals surface area (Å²) >= 11 is 0. The smallest absolute Gasteiger partial charge is 0.250 e. The largest absolute Gasteiger partial charge is 0.381 e. The molecule has 3 fully saturated rings. The van der Waals surface area contributed by atoms with Crippen molar-refractivity contribution in [2.45, 2.75) is 24.8 Å². The summed E-state index contributed by atoms with van der Waals surface area (Å²) in [5.74, 6) is 0.920. The molecular formula is C18H29N5O2. The Hall–Kier alpha value is -1.44. The third-order valence-electron chi connectivity index (χ3n) is 5.97. The fourth-order valence-corrected chi connectivity index (χ4v) is 4.42. The number of rotatable bonds is 4. The average molecular weight is 347 g/mol. The van der Waals surface area contributed by atoms with Crippen molar-refractivity contribution in [1.29, 1.82) is 0 Å². The van der Waals surface area contributed by atoms with E-state index in [9.17, 15) is 4.79 Å². The van der Waals surface area contributed by atoms with Crippen LogP contribution in [0.15, 0.2) is 18.5 Å². The first-order chi connectivity index (χ1) is 12.3. The maximum absolute atomic E-state index is 13.4. The fourth-order valence-electron chi connectivity index (χ4n) is 4.42. The van der Waals surface area contributed by atoms with Crippen molar-refractivity contribution in [3.63, 3.8) is 0 Å². The number of nitrogens with zero attached hydrogens (tertiary/aromatic N) is 4. The van der Waals surface area contributed by atoms with Gasteiger partial charge in [-0.05, 0) is 44.3 Å². The molecule has 0 spiro atoms. The van der Waals surface area contributed by atoms with E-state index >= 15 is 0 Å². The van der Waals surface area contributed by atoms with Crippen molar-refractivity contribution in [3.05, 3.63) is 18.5 Å². The molecule has 3 saturated heterocycles. The van der Waals surface area contributed by atoms with Gasteiger partial charge in [0.25, 0.3) is 5.91 Å². The monoisotopic (exact) mass is 347 g/mol. The van der Waals surface area contributed by atoms with Crippen LogP contribution in [-0.2, 0) is 15.1 Å². The van der Waals surface area contributed by atoms with Crippen LogP contribution in [0.25, 0.3) is 0 Å². The van der Waals surface area contributed by atoms with E-state index in [0.29, 0.717) is 5.92 Å². The van der Waals surface area contributed by atoms with E-state index in [0.717, 1.165) is 71.9 Å². The van der Waals surface area contributed by atoms with Gasteiger partial charge in [0.2, 0.25) is 0 Å². The number of carbonyl (C=O) groups excluding carboxylic acids is 1. The maximum atomic E-state index is 13.4. The molecule has 1 atom stereocenters. The second-order valence-corrected chi connectivity index (χ2v) is 7.55. The molecule has 0 aromatic carbocycles. The molecule has 1 N–H and O–H groups in total. The summed E-state index contributed by atoms with van der Waals surface area (Å²) in [6.45, 7) is 8.23. The van der Waals surface area contributed by atoms with Crippen molar-refractivity contribution < 1.29 is 9.53 Å². The Morgan fingerprint density at radius 1 is 1.24 bits per heavy atom. The van der Waals surface area contributed by atoms with Gasteiger partial charge in [0.15, 0.2) is 0 Å². The van der Waals surface area contributed by atoms with Crippen LogP contribution in [-0.4, -0.2) is 84.5 Å². The molecule has 0 saturated carbocycles. The van der Waals surface area contributed by atoms with Gasteiger partial charge in [0.05, 0.1) is 6.61 Å². The van der Waals surface area contributed by atoms with Gasteiger partial charge < -0.3 is 15.0 Å². The van der Waals surface area contributed by atoms with Crippen molar-refractivity contribution in [3.8, 4) is 0 Å². The average Bonchev–Trinajstić information content (AvgIpc) is 3.36. The van der Waals surface area contributed by atoms with Gasteiger partial charge >= 0.3 is 0 Å². The van der Waals surface area contributed by atoms with Crippen molar-refractivity contribution >= 4 is 5.91 Å². The van der Waals surface area contributed by atoms with Gasteiger partial charge in [-0.3, -0.25) is 14.4 Å². The normalized spacial score (nSPS) is 27.5. The standard InChI is InChI=1S/C18H29N5O2/c24-17(18(3-6-19-7-4-18)23-8-1-5-20-23)22-11-9-21(10-12-22)14-16-2-13-25-15-16/h1,5,8,16,19H,2-4,6-7,9-15H2. The van der Waals surface area contributed by atoms with E-state index in [2.05, 4.69) is 20.2 Å². The van der Waals surface area contributed by atoms with Crippen LogP contribution >= 0.6 is 0 Å². The molecule has 1 aromatic heterocycles. The maximum Gasteiger partial charge on any atom is 0.250 e. The summed E-state index contributed by atoms with van der Waals surface area (Å²) < 4.78 is 7.39. The molecule has 1 unspecified atom stereocenters. The first-order valence-electron chi connectivity index (χ1n) is 9.58. The van der Waals surface area contributed by atoms with Crippen LogP contribution in [0, 0.1) is 5.92 Å². The van der Waals surface area contributed by atoms with Gasteiger partial charge in [-0.15, -0.1) is 0 Å². The molecule has 4 rings (SSSR count). The van der Waals surface area contributed by atoms with E-state index < -0.39 is 5.54 Å². The fraction of sp³-hybridized carbons (Fsp3) is 0.778. The van der Waals surface area contributed by atoms with Gasteiger partial charge in [-0.2, -0.15) is 5.10 Å². The highest BCUT2D eigenvalue weighted by Gasteiger charge is 2.45. The van der Waals surface area contributed by atoms with Crippen molar-refractivity contribution in [2.24, 2.45) is 5.92 Å². The minimum absolute atomic E-state index is 0.251. The summed E-state index contributed by atoms with van der Waals surface area (Å²) in [5, 5.41) is 7.80. The first kappa shape index (κ1) is 17.0. The number of piperidine rings is 1. The predicted octanol–water partition coefficient (Wildman–Crippen LogP) is 0.143. The lowest BCUT2D eigenvalue weighted by Crippen LogP contribution is -2.59. The molecule has 138 valence electrons. The lowest BCUT2D eigenvalue weighted by molar-refractivity contribution is -0.145. The third-order valence-corrected chi connectivity index (χ3v) is 5.97. The van der Waals surface area contributed by atoms with Crippen LogP contribution < -0.4 is 5.32 Å². The quantitative estimate of drug-likeness (QED) is 0.840. The van der Waals surface area contributed by atoms with Gasteiger partial charge in [-0.25, -0.2) is 0 Å². The Kier molecular flexibility index (Phi) is 5.05. The van der Waals surface area contributed by atoms with Gasteiger partial charge in [0, 0.05) is 51.7 Å². The summed E-state index contributed by atoms with van der Waals surface area (Å²) in [6.07, 6.45) is 6.52. The van der Waals surface area contributed by atoms with Crippen molar-refractivity contribution in [2.75, 3.05) is 59.0 Å². The Bertz CT molecular complexity index is 556. The number of amides is 1. The molecule has 7 nitrogen and oxygen atoms in total. The summed E-state index contributed by atoms with van der Waals surface area (Å²) in [6, 6.07) is 1.92. The van der Waals surface area contributed by atoms with Crippen LogP contribution in [0.5, 0.6) is 0 Å². The minimum Gasteiger partial charge on any atom is -0.381 e. The molecule has 0 radical (unpaired) electrons. The number of aromatic nitrogens is 2. The third kappa shape index (κ3) is 3.45. The van der Waals surface area contributed by atoms with E-state index in [1.54, 1.807) is 6.20 Å². The van der Waals surface area contributed by atoms with E-state index in [-0.39, 0.29) is 5.91 Å². The van der Waals surface area contributed by atoms with E-state index in [4.69, 9.17) is 4.74 Å². The lowest BCUT2D eigenvalue weighted by atomic mass is 9.86. The first-order valence-corrected chi connectivity index (χ1v) is 9.58. The Balaban J connectivity index is 1.40. The molecule has 3 aliphatic heterocycles. The number of piperazine rings is 1. The zero-order chi connectivity index (χ0) is 17.1. The summed E-state index contributed by atoms with van der Waals surface area (Å²) in [5.41, 5.74) is -0.504. The highest BCUT2D eigenvalue weighted by atomic mass is 16.5. The van der Waals surface area contributed by atoms with Gasteiger partial charge in [0.1, 0.15) is 5.54 Å². The summed E-state index contributed by atoms with van der Waals surface area (Å²) in [7, 11) is 0. The number of carbonyl (C=O) groups is 1. The molecule has 25 heavy (non-hydrogen) atoms. The second kappa shape index (κ2) is 7.43. The molecule has 1 aromatic rings. The number of ether oxygens (including phenoxy) is 1. The second-order valence-electron chi connectivity index (χ2n) is 7.55. The molecule has 7 heteroatoms. The Morgan fingerprint density at radius 2 is 2.04 bits per heavy atom. The molecular weight excluding hydrogens is 318 g/mol. The molecule has 3 aliphatic rings. The summed E-state index contributed by atoms with van der Waals surface area (Å²) in [4.78, 5) is 18.0. The van der Waals surface area contributed by atoms with Crippen LogP contribution in [0.2, 0.25) is 0 Å². The molecule has 0 aliphatic carbocycles. The highest BCUT2D eigenvalue weighted by Crippen LogP contribution is 2.30. The lowest BCUT2D eigenvalue weighted by Gasteiger charge is -2.43. The van der Waals surface area contributed by atoms with Crippen LogP contribution in [0.3, 0.4) is 0 Å². The van der Waals surface area contributed by atoms with Crippen molar-refractivity contribution in [1.82, 2.24) is 24.9 Å². The highest BCUT2D eigenvalue weighted by molar-refractivity contribution is 5.84. The number of nitrogens with one attached hydrogen (secondary N) is 1. The topological polar surface area (TPSA) is 62.6 Å². The SMILES string of the molecule is O=C(N1CCN(CC2CCOC2)CC1)C1(n2cccn2)CCNCC1. The van der Waals surface area contributed by atoms with Crippen LogP contribution in [0.4, 0.5) is 0 Å². The van der Waals surface area contributed by atoms with Gasteiger partial charge in [-0.1, -0.05) is 0 Å². The van der Waals surface area contributed by atoms with E-state index in [1.807, 2.05) is 16.9 Å². The zero-order valence-corrected chi connectivity index (χ0v) is 14.9. The number of hydrogen-bond donors (Lipinski definition) is 1. The zero-order valence-electron chi connectivity index (χ0n) is 14.9. The predicted molar refractivity (Wildman–Crippen MR) is 94.3 cm³/mol. The molecule has 1 amide bonds. The molecule has 0 bridgehead atoms. The Morgan fingerprint density at radius 3 is 2.68 bits per heavy atom. The van der Waals surface area contributed by atoms with Crippen LogP contribution in [0.1, 0.15) is 19.3 Å². The number of hydrogen-bond acceptors (Lipinski definition) is 5. The Labute approximate surface area is 149 Å². The minimum atomic E-state index is -0.504. The van der Waals surface area contributed by atoms with E-state index in [1.165, 1.54) is 6.42 Å².